The summed E-state index contributed by atoms with van der Waals surface area (Å²) >= 11 is 3.29. The first-order valence-electron chi connectivity index (χ1n) is 5.92. The van der Waals surface area contributed by atoms with E-state index in [9.17, 15) is 5.11 Å². The van der Waals surface area contributed by atoms with Gasteiger partial charge in [-0.1, -0.05) is 0 Å². The van der Waals surface area contributed by atoms with Crippen LogP contribution in [0.2, 0.25) is 0 Å². The van der Waals surface area contributed by atoms with Crippen molar-refractivity contribution in [2.75, 3.05) is 18.1 Å². The standard InChI is InChI=1S/C10H13BrN6O3/c11-7-6-8(12)14-10(13)15-9(6)17(16-7)5-1-3(19)4(2-18)20-5/h3-5,18-19H,1-2H2,(H4,12,13,14,15)/t3?,4-,5-/m1/s1. The van der Waals surface area contributed by atoms with Crippen LogP contribution in [0.5, 0.6) is 0 Å². The summed E-state index contributed by atoms with van der Waals surface area (Å²) in [5.74, 6) is 0.240. The van der Waals surface area contributed by atoms with Crippen LogP contribution in [0.1, 0.15) is 12.6 Å². The number of nitrogen functional groups attached to an aromatic ring is 2. The van der Waals surface area contributed by atoms with E-state index in [0.29, 0.717) is 15.6 Å². The van der Waals surface area contributed by atoms with Gasteiger partial charge in [-0.25, -0.2) is 4.68 Å². The van der Waals surface area contributed by atoms with Gasteiger partial charge in [0.25, 0.3) is 0 Å². The summed E-state index contributed by atoms with van der Waals surface area (Å²) in [5, 5.41) is 23.7. The fourth-order valence-electron chi connectivity index (χ4n) is 2.27. The molecule has 6 N–H and O–H groups in total. The van der Waals surface area contributed by atoms with E-state index in [1.807, 2.05) is 0 Å². The van der Waals surface area contributed by atoms with Gasteiger partial charge >= 0.3 is 0 Å². The molecule has 9 nitrogen and oxygen atoms in total. The second-order valence-electron chi connectivity index (χ2n) is 4.52. The molecule has 0 aliphatic carbocycles. The van der Waals surface area contributed by atoms with Crippen molar-refractivity contribution in [2.24, 2.45) is 0 Å². The zero-order valence-electron chi connectivity index (χ0n) is 10.3. The summed E-state index contributed by atoms with van der Waals surface area (Å²) in [6.07, 6.45) is -1.67. The highest BCUT2D eigenvalue weighted by Gasteiger charge is 2.36. The molecule has 10 heteroatoms. The van der Waals surface area contributed by atoms with Crippen molar-refractivity contribution < 1.29 is 14.9 Å². The van der Waals surface area contributed by atoms with Crippen LogP contribution < -0.4 is 11.5 Å². The zero-order valence-corrected chi connectivity index (χ0v) is 11.9. The van der Waals surface area contributed by atoms with Crippen molar-refractivity contribution in [2.45, 2.75) is 24.9 Å². The van der Waals surface area contributed by atoms with Crippen LogP contribution in [0.3, 0.4) is 0 Å². The van der Waals surface area contributed by atoms with Gasteiger partial charge in [-0.2, -0.15) is 15.1 Å². The van der Waals surface area contributed by atoms with Crippen molar-refractivity contribution in [3.05, 3.63) is 4.60 Å². The number of fused-ring (bicyclic) bond motifs is 1. The SMILES string of the molecule is Nc1nc(N)c2c(Br)nn([C@H]3CC(O)[C@@H](CO)O3)c2n1. The third-order valence-corrected chi connectivity index (χ3v) is 3.77. The van der Waals surface area contributed by atoms with Crippen LogP contribution in [-0.2, 0) is 4.74 Å². The summed E-state index contributed by atoms with van der Waals surface area (Å²) in [6, 6.07) is 0. The number of hydrogen-bond acceptors (Lipinski definition) is 8. The van der Waals surface area contributed by atoms with Gasteiger partial charge in [-0.05, 0) is 15.9 Å². The Morgan fingerprint density at radius 2 is 2.15 bits per heavy atom. The van der Waals surface area contributed by atoms with Crippen molar-refractivity contribution in [3.63, 3.8) is 0 Å². The largest absolute Gasteiger partial charge is 0.394 e. The Hall–Kier alpha value is -1.49. The van der Waals surface area contributed by atoms with Crippen LogP contribution in [0.15, 0.2) is 4.60 Å². The summed E-state index contributed by atoms with van der Waals surface area (Å²) in [5.41, 5.74) is 11.8. The molecule has 0 saturated carbocycles. The van der Waals surface area contributed by atoms with Gasteiger partial charge in [-0.15, -0.1) is 0 Å². The Morgan fingerprint density at radius 3 is 2.80 bits per heavy atom. The highest BCUT2D eigenvalue weighted by atomic mass is 79.9. The van der Waals surface area contributed by atoms with E-state index in [4.69, 9.17) is 21.3 Å². The maximum Gasteiger partial charge on any atom is 0.224 e. The van der Waals surface area contributed by atoms with E-state index in [-0.39, 0.29) is 24.8 Å². The molecule has 3 heterocycles. The monoisotopic (exact) mass is 344 g/mol. The normalized spacial score (nSPS) is 26.4. The Labute approximate surface area is 121 Å². The molecule has 1 aliphatic rings. The summed E-state index contributed by atoms with van der Waals surface area (Å²) in [7, 11) is 0. The molecular formula is C10H13BrN6O3. The van der Waals surface area contributed by atoms with Crippen molar-refractivity contribution >= 4 is 38.7 Å². The molecule has 1 fully saturated rings. The van der Waals surface area contributed by atoms with Gasteiger partial charge in [0.2, 0.25) is 5.95 Å². The number of anilines is 2. The first-order chi connectivity index (χ1) is 9.51. The average molecular weight is 345 g/mol. The van der Waals surface area contributed by atoms with Crippen molar-refractivity contribution in [3.8, 4) is 0 Å². The zero-order chi connectivity index (χ0) is 14.4. The maximum absolute atomic E-state index is 9.79. The molecule has 2 aromatic heterocycles. The van der Waals surface area contributed by atoms with Crippen molar-refractivity contribution in [1.29, 1.82) is 0 Å². The van der Waals surface area contributed by atoms with Crippen LogP contribution in [0, 0.1) is 0 Å². The highest BCUT2D eigenvalue weighted by molar-refractivity contribution is 9.10. The third-order valence-electron chi connectivity index (χ3n) is 3.21. The molecule has 1 saturated heterocycles. The number of aliphatic hydroxyl groups excluding tert-OH is 2. The molecule has 0 bridgehead atoms. The number of nitrogens with two attached hydrogens (primary N) is 2. The molecule has 3 rings (SSSR count). The molecule has 0 radical (unpaired) electrons. The first-order valence-corrected chi connectivity index (χ1v) is 6.71. The fraction of sp³-hybridized carbons (Fsp3) is 0.500. The van der Waals surface area contributed by atoms with E-state index in [1.165, 1.54) is 4.68 Å². The number of aliphatic hydroxyl groups is 2. The van der Waals surface area contributed by atoms with Crippen LogP contribution in [-0.4, -0.2) is 48.8 Å². The van der Waals surface area contributed by atoms with Gasteiger partial charge in [0, 0.05) is 6.42 Å². The molecule has 0 amide bonds. The topological polar surface area (TPSA) is 145 Å². The number of rotatable bonds is 2. The van der Waals surface area contributed by atoms with E-state index in [1.54, 1.807) is 0 Å². The lowest BCUT2D eigenvalue weighted by molar-refractivity contribution is -0.0471. The predicted octanol–water partition coefficient (Wildman–Crippen LogP) is -0.606. The second kappa shape index (κ2) is 4.81. The Bertz CT molecular complexity index is 662. The molecule has 108 valence electrons. The Balaban J connectivity index is 2.09. The molecule has 0 aromatic carbocycles. The highest BCUT2D eigenvalue weighted by Crippen LogP contribution is 2.34. The molecule has 20 heavy (non-hydrogen) atoms. The lowest BCUT2D eigenvalue weighted by Gasteiger charge is -2.12. The minimum absolute atomic E-state index is 0.0286. The second-order valence-corrected chi connectivity index (χ2v) is 5.27. The minimum Gasteiger partial charge on any atom is -0.394 e. The van der Waals surface area contributed by atoms with Gasteiger partial charge in [0.1, 0.15) is 16.5 Å². The van der Waals surface area contributed by atoms with Gasteiger partial charge < -0.3 is 26.4 Å². The van der Waals surface area contributed by atoms with Gasteiger partial charge in [0.15, 0.2) is 11.9 Å². The average Bonchev–Trinajstić information content (AvgIpc) is 2.90. The fourth-order valence-corrected chi connectivity index (χ4v) is 2.82. The lowest BCUT2D eigenvalue weighted by Crippen LogP contribution is -2.24. The van der Waals surface area contributed by atoms with Crippen LogP contribution in [0.25, 0.3) is 11.0 Å². The number of aromatic nitrogens is 4. The van der Waals surface area contributed by atoms with E-state index >= 15 is 0 Å². The smallest absolute Gasteiger partial charge is 0.224 e. The van der Waals surface area contributed by atoms with Crippen LogP contribution >= 0.6 is 15.9 Å². The number of hydrogen-bond donors (Lipinski definition) is 4. The molecule has 1 unspecified atom stereocenters. The van der Waals surface area contributed by atoms with E-state index in [0.717, 1.165) is 0 Å². The number of halogens is 1. The Kier molecular flexibility index (Phi) is 3.24. The van der Waals surface area contributed by atoms with Gasteiger partial charge in [-0.3, -0.25) is 0 Å². The third kappa shape index (κ3) is 2.00. The first kappa shape index (κ1) is 13.5. The minimum atomic E-state index is -0.764. The lowest BCUT2D eigenvalue weighted by atomic mass is 10.2. The number of nitrogens with zero attached hydrogens (tertiary/aromatic N) is 4. The summed E-state index contributed by atoms with van der Waals surface area (Å²) in [4.78, 5) is 7.99. The molecule has 1 aliphatic heterocycles. The van der Waals surface area contributed by atoms with Crippen molar-refractivity contribution in [1.82, 2.24) is 19.7 Å². The quantitative estimate of drug-likeness (QED) is 0.564. The van der Waals surface area contributed by atoms with E-state index < -0.39 is 18.4 Å². The summed E-state index contributed by atoms with van der Waals surface area (Å²) in [6.45, 7) is -0.267. The van der Waals surface area contributed by atoms with Gasteiger partial charge in [0.05, 0.1) is 18.1 Å². The maximum atomic E-state index is 9.79. The molecule has 0 spiro atoms. The molecule has 3 atom stereocenters. The van der Waals surface area contributed by atoms with Crippen LogP contribution in [0.4, 0.5) is 11.8 Å². The summed E-state index contributed by atoms with van der Waals surface area (Å²) < 4.78 is 7.49. The Morgan fingerprint density at radius 1 is 1.40 bits per heavy atom. The number of ether oxygens (including phenoxy) is 1. The predicted molar refractivity (Wildman–Crippen MR) is 73.5 cm³/mol. The molecular weight excluding hydrogens is 332 g/mol. The van der Waals surface area contributed by atoms with E-state index in [2.05, 4.69) is 31.0 Å². The molecule has 2 aromatic rings.